The van der Waals surface area contributed by atoms with Crippen LogP contribution in [-0.2, 0) is 6.42 Å². The summed E-state index contributed by atoms with van der Waals surface area (Å²) >= 11 is 0. The van der Waals surface area contributed by atoms with Gasteiger partial charge in [-0.15, -0.1) is 0 Å². The Balaban J connectivity index is 2.93. The van der Waals surface area contributed by atoms with E-state index in [1.165, 1.54) is 0 Å². The molecule has 1 aromatic heterocycles. The van der Waals surface area contributed by atoms with Gasteiger partial charge < -0.3 is 9.84 Å². The minimum atomic E-state index is -0.283. The molecule has 0 spiro atoms. The molecule has 1 amide bonds. The Hall–Kier alpha value is -1.32. The van der Waals surface area contributed by atoms with Gasteiger partial charge in [-0.05, 0) is 38.5 Å². The van der Waals surface area contributed by atoms with Gasteiger partial charge in [-0.25, -0.2) is 0 Å². The maximum Gasteiger partial charge on any atom is 0.273 e. The minimum Gasteiger partial charge on any atom is -0.361 e. The SMILES string of the molecule is CCCC(CC)(CC)C(C)(C)NC(=O)c1cc(CC)on1. The fourth-order valence-electron chi connectivity index (χ4n) is 3.35. The predicted octanol–water partition coefficient (Wildman–Crippen LogP) is 4.35. The molecule has 1 aromatic rings. The highest BCUT2D eigenvalue weighted by Gasteiger charge is 2.42. The lowest BCUT2D eigenvalue weighted by Crippen LogP contribution is -2.55. The van der Waals surface area contributed by atoms with Gasteiger partial charge in [-0.1, -0.05) is 39.3 Å². The molecule has 1 N–H and O–H groups in total. The highest BCUT2D eigenvalue weighted by molar-refractivity contribution is 5.92. The number of nitrogens with one attached hydrogen (secondary N) is 1. The fraction of sp³-hybridized carbons (Fsp3) is 0.765. The summed E-state index contributed by atoms with van der Waals surface area (Å²) in [5, 5.41) is 7.04. The van der Waals surface area contributed by atoms with E-state index in [0.29, 0.717) is 5.69 Å². The van der Waals surface area contributed by atoms with E-state index in [2.05, 4.69) is 45.1 Å². The Labute approximate surface area is 128 Å². The van der Waals surface area contributed by atoms with Crippen LogP contribution in [0.25, 0.3) is 0 Å². The average molecular weight is 294 g/mol. The number of rotatable bonds is 8. The number of hydrogen-bond acceptors (Lipinski definition) is 3. The van der Waals surface area contributed by atoms with Crippen LogP contribution in [0.2, 0.25) is 0 Å². The molecule has 4 nitrogen and oxygen atoms in total. The van der Waals surface area contributed by atoms with Crippen LogP contribution < -0.4 is 5.32 Å². The summed E-state index contributed by atoms with van der Waals surface area (Å²) in [6.45, 7) is 12.8. The molecule has 0 atom stereocenters. The summed E-state index contributed by atoms with van der Waals surface area (Å²) in [6, 6.07) is 1.73. The van der Waals surface area contributed by atoms with Crippen LogP contribution >= 0.6 is 0 Å². The van der Waals surface area contributed by atoms with Gasteiger partial charge in [0.15, 0.2) is 5.69 Å². The molecule has 0 aliphatic rings. The van der Waals surface area contributed by atoms with E-state index in [-0.39, 0.29) is 16.9 Å². The zero-order valence-corrected chi connectivity index (χ0v) is 14.4. The van der Waals surface area contributed by atoms with E-state index in [1.54, 1.807) is 6.07 Å². The standard InChI is InChI=1S/C17H30N2O2/c1-7-11-17(9-3,10-4)16(5,6)18-15(20)14-12-13(8-2)21-19-14/h12H,7-11H2,1-6H3,(H,18,20). The molecule has 1 rings (SSSR count). The third-order valence-corrected chi connectivity index (χ3v) is 4.97. The van der Waals surface area contributed by atoms with Crippen LogP contribution in [0, 0.1) is 5.41 Å². The maximum absolute atomic E-state index is 12.4. The molecule has 1 heterocycles. The highest BCUT2D eigenvalue weighted by atomic mass is 16.5. The second kappa shape index (κ2) is 7.10. The van der Waals surface area contributed by atoms with E-state index < -0.39 is 0 Å². The first-order chi connectivity index (χ1) is 9.85. The molecule has 0 aliphatic heterocycles. The quantitative estimate of drug-likeness (QED) is 0.775. The monoisotopic (exact) mass is 294 g/mol. The molecule has 21 heavy (non-hydrogen) atoms. The summed E-state index contributed by atoms with van der Waals surface area (Å²) in [5.41, 5.74) is 0.196. The Bertz CT molecular complexity index is 459. The van der Waals surface area contributed by atoms with Crippen molar-refractivity contribution in [3.63, 3.8) is 0 Å². The summed E-state index contributed by atoms with van der Waals surface area (Å²) in [7, 11) is 0. The Kier molecular flexibility index (Phi) is 5.99. The molecule has 0 unspecified atom stereocenters. The Morgan fingerprint density at radius 3 is 2.29 bits per heavy atom. The number of aromatic nitrogens is 1. The van der Waals surface area contributed by atoms with Gasteiger partial charge in [-0.2, -0.15) is 0 Å². The number of carbonyl (C=O) groups is 1. The molecule has 0 saturated carbocycles. The lowest BCUT2D eigenvalue weighted by atomic mass is 9.65. The lowest BCUT2D eigenvalue weighted by Gasteiger charge is -2.46. The van der Waals surface area contributed by atoms with E-state index in [0.717, 1.165) is 37.9 Å². The molecule has 120 valence electrons. The molecule has 0 radical (unpaired) electrons. The van der Waals surface area contributed by atoms with Crippen molar-refractivity contribution >= 4 is 5.91 Å². The molecule has 0 fully saturated rings. The molecule has 4 heteroatoms. The Morgan fingerprint density at radius 2 is 1.86 bits per heavy atom. The van der Waals surface area contributed by atoms with Gasteiger partial charge >= 0.3 is 0 Å². The van der Waals surface area contributed by atoms with Gasteiger partial charge in [0.2, 0.25) is 0 Å². The third kappa shape index (κ3) is 3.66. The normalized spacial score (nSPS) is 12.5. The number of nitrogens with zero attached hydrogens (tertiary/aromatic N) is 1. The summed E-state index contributed by atoms with van der Waals surface area (Å²) < 4.78 is 5.12. The van der Waals surface area contributed by atoms with Crippen molar-refractivity contribution in [3.05, 3.63) is 17.5 Å². The van der Waals surface area contributed by atoms with Crippen LogP contribution in [0.3, 0.4) is 0 Å². The highest BCUT2D eigenvalue weighted by Crippen LogP contribution is 2.42. The minimum absolute atomic E-state index is 0.106. The zero-order chi connectivity index (χ0) is 16.1. The van der Waals surface area contributed by atoms with Crippen LogP contribution in [0.4, 0.5) is 0 Å². The molecule has 0 aliphatic carbocycles. The number of hydrogen-bond donors (Lipinski definition) is 1. The van der Waals surface area contributed by atoms with Crippen LogP contribution in [-0.4, -0.2) is 16.6 Å². The van der Waals surface area contributed by atoms with Crippen LogP contribution in [0.5, 0.6) is 0 Å². The van der Waals surface area contributed by atoms with Crippen LogP contribution in [0.15, 0.2) is 10.6 Å². The van der Waals surface area contributed by atoms with Crippen molar-refractivity contribution < 1.29 is 9.32 Å². The van der Waals surface area contributed by atoms with E-state index in [4.69, 9.17) is 4.52 Å². The maximum atomic E-state index is 12.4. The van der Waals surface area contributed by atoms with Gasteiger partial charge in [0.05, 0.1) is 0 Å². The second-order valence-electron chi connectivity index (χ2n) is 6.35. The van der Waals surface area contributed by atoms with Gasteiger partial charge in [0.25, 0.3) is 5.91 Å². The van der Waals surface area contributed by atoms with Crippen molar-refractivity contribution in [1.82, 2.24) is 10.5 Å². The third-order valence-electron chi connectivity index (χ3n) is 4.97. The van der Waals surface area contributed by atoms with Gasteiger partial charge in [-0.3, -0.25) is 4.79 Å². The topological polar surface area (TPSA) is 55.1 Å². The molecule has 0 aromatic carbocycles. The van der Waals surface area contributed by atoms with Crippen molar-refractivity contribution in [1.29, 1.82) is 0 Å². The van der Waals surface area contributed by atoms with Crippen molar-refractivity contribution in [2.45, 2.75) is 79.2 Å². The zero-order valence-electron chi connectivity index (χ0n) is 14.4. The largest absolute Gasteiger partial charge is 0.361 e. The van der Waals surface area contributed by atoms with Crippen molar-refractivity contribution in [2.75, 3.05) is 0 Å². The number of carbonyl (C=O) groups excluding carboxylic acids is 1. The van der Waals surface area contributed by atoms with Gasteiger partial charge in [0, 0.05) is 18.0 Å². The summed E-state index contributed by atoms with van der Waals surface area (Å²) in [6.07, 6.45) is 5.05. The van der Waals surface area contributed by atoms with E-state index in [1.807, 2.05) is 6.92 Å². The van der Waals surface area contributed by atoms with Crippen molar-refractivity contribution in [2.24, 2.45) is 5.41 Å². The van der Waals surface area contributed by atoms with E-state index >= 15 is 0 Å². The molecular weight excluding hydrogens is 264 g/mol. The number of aryl methyl sites for hydroxylation is 1. The first-order valence-corrected chi connectivity index (χ1v) is 8.13. The molecule has 0 saturated heterocycles. The molecule has 0 bridgehead atoms. The van der Waals surface area contributed by atoms with Crippen molar-refractivity contribution in [3.8, 4) is 0 Å². The van der Waals surface area contributed by atoms with E-state index in [9.17, 15) is 4.79 Å². The second-order valence-corrected chi connectivity index (χ2v) is 6.35. The first-order valence-electron chi connectivity index (χ1n) is 8.13. The summed E-state index contributed by atoms with van der Waals surface area (Å²) in [5.74, 6) is 0.592. The average Bonchev–Trinajstić information content (AvgIpc) is 2.93. The predicted molar refractivity (Wildman–Crippen MR) is 85.3 cm³/mol. The number of amides is 1. The summed E-state index contributed by atoms with van der Waals surface area (Å²) in [4.78, 5) is 12.4. The lowest BCUT2D eigenvalue weighted by molar-refractivity contribution is 0.0631. The smallest absolute Gasteiger partial charge is 0.273 e. The molecular formula is C17H30N2O2. The van der Waals surface area contributed by atoms with Gasteiger partial charge in [0.1, 0.15) is 5.76 Å². The van der Waals surface area contributed by atoms with Crippen LogP contribution in [0.1, 0.15) is 83.5 Å². The fourth-order valence-corrected chi connectivity index (χ4v) is 3.35. The Morgan fingerprint density at radius 1 is 1.24 bits per heavy atom. The first kappa shape index (κ1) is 17.7.